The summed E-state index contributed by atoms with van der Waals surface area (Å²) in [5, 5.41) is 7.46. The number of anilines is 1. The van der Waals surface area contributed by atoms with Gasteiger partial charge in [-0.3, -0.25) is 14.4 Å². The number of aromatic nitrogens is 2. The van der Waals surface area contributed by atoms with Gasteiger partial charge in [0, 0.05) is 43.6 Å². The fourth-order valence-corrected chi connectivity index (χ4v) is 4.19. The van der Waals surface area contributed by atoms with Gasteiger partial charge in [-0.2, -0.15) is 5.10 Å². The van der Waals surface area contributed by atoms with Crippen LogP contribution in [0.15, 0.2) is 24.3 Å². The van der Waals surface area contributed by atoms with Gasteiger partial charge in [-0.1, -0.05) is 0 Å². The number of hydrogen-bond acceptors (Lipinski definition) is 7. The summed E-state index contributed by atoms with van der Waals surface area (Å²) in [6.07, 6.45) is 0.669. The van der Waals surface area contributed by atoms with E-state index in [1.165, 1.54) is 0 Å². The molecule has 1 amide bonds. The van der Waals surface area contributed by atoms with Crippen LogP contribution in [0.1, 0.15) is 29.4 Å². The van der Waals surface area contributed by atoms with E-state index in [9.17, 15) is 4.79 Å². The molecule has 9 nitrogen and oxygen atoms in total. The molecule has 0 bridgehead atoms. The molecule has 9 heteroatoms. The smallest absolute Gasteiger partial charge is 0.242 e. The van der Waals surface area contributed by atoms with Crippen molar-refractivity contribution in [1.29, 1.82) is 0 Å². The molecule has 2 fully saturated rings. The maximum atomic E-state index is 12.7. The summed E-state index contributed by atoms with van der Waals surface area (Å²) in [6, 6.07) is 7.27. The molecule has 2 aromatic rings. The molecule has 2 aliphatic rings. The van der Waals surface area contributed by atoms with Gasteiger partial charge in [-0.15, -0.1) is 0 Å². The molecule has 2 unspecified atom stereocenters. The first-order valence-corrected chi connectivity index (χ1v) is 10.9. The van der Waals surface area contributed by atoms with Gasteiger partial charge in [0.25, 0.3) is 0 Å². The lowest BCUT2D eigenvalue weighted by Crippen LogP contribution is -2.39. The van der Waals surface area contributed by atoms with Crippen LogP contribution in [0.2, 0.25) is 0 Å². The van der Waals surface area contributed by atoms with E-state index in [-0.39, 0.29) is 18.0 Å². The highest BCUT2D eigenvalue weighted by atomic mass is 16.5. The number of aryl methyl sites for hydroxylation is 2. The Labute approximate surface area is 183 Å². The van der Waals surface area contributed by atoms with Crippen LogP contribution in [-0.2, 0) is 16.6 Å². The van der Waals surface area contributed by atoms with Gasteiger partial charge in [0.2, 0.25) is 5.91 Å². The first-order chi connectivity index (χ1) is 15.0. The molecule has 1 aromatic heterocycles. The summed E-state index contributed by atoms with van der Waals surface area (Å²) in [6.45, 7) is 9.08. The van der Waals surface area contributed by atoms with E-state index in [0.717, 1.165) is 61.2 Å². The molecule has 0 spiro atoms. The van der Waals surface area contributed by atoms with Crippen LogP contribution in [-0.4, -0.2) is 66.1 Å². The van der Waals surface area contributed by atoms with Crippen LogP contribution in [0.5, 0.6) is 5.75 Å². The van der Waals surface area contributed by atoms with Crippen LogP contribution in [0.4, 0.5) is 5.69 Å². The Hall–Kier alpha value is -2.46. The van der Waals surface area contributed by atoms with Gasteiger partial charge in [-0.25, -0.2) is 10.9 Å². The molecule has 31 heavy (non-hydrogen) atoms. The standard InChI is InChI=1S/C22H32N6O3/c1-15-21(16(2)27(3)26-15)19-14-20(25-24-19)22(29)23-17-4-6-18(7-5-17)31-13-10-28-8-11-30-12-9-28/h4-7,19-20,24-25H,8-14H2,1-3H3,(H,23,29). The third kappa shape index (κ3) is 5.24. The third-order valence-corrected chi connectivity index (χ3v) is 6.03. The quantitative estimate of drug-likeness (QED) is 0.612. The topological polar surface area (TPSA) is 92.7 Å². The van der Waals surface area contributed by atoms with Crippen molar-refractivity contribution < 1.29 is 14.3 Å². The number of carbonyl (C=O) groups excluding carboxylic acids is 1. The van der Waals surface area contributed by atoms with E-state index in [1.807, 2.05) is 42.9 Å². The number of rotatable bonds is 7. The van der Waals surface area contributed by atoms with Crippen molar-refractivity contribution in [3.8, 4) is 5.75 Å². The zero-order valence-electron chi connectivity index (χ0n) is 18.5. The van der Waals surface area contributed by atoms with Gasteiger partial charge in [0.15, 0.2) is 0 Å². The average Bonchev–Trinajstić information content (AvgIpc) is 3.34. The summed E-state index contributed by atoms with van der Waals surface area (Å²) in [7, 11) is 1.94. The fraction of sp³-hybridized carbons (Fsp3) is 0.545. The second-order valence-electron chi connectivity index (χ2n) is 8.15. The van der Waals surface area contributed by atoms with E-state index in [0.29, 0.717) is 13.0 Å². The fourth-order valence-electron chi connectivity index (χ4n) is 4.19. The maximum absolute atomic E-state index is 12.7. The van der Waals surface area contributed by atoms with Gasteiger partial charge in [-0.05, 0) is 44.5 Å². The Bertz CT molecular complexity index is 891. The number of benzene rings is 1. The van der Waals surface area contributed by atoms with Gasteiger partial charge >= 0.3 is 0 Å². The molecular weight excluding hydrogens is 396 g/mol. The molecule has 1 aromatic carbocycles. The molecule has 0 aliphatic carbocycles. The van der Waals surface area contributed by atoms with Crippen molar-refractivity contribution in [3.63, 3.8) is 0 Å². The van der Waals surface area contributed by atoms with E-state index in [1.54, 1.807) is 0 Å². The van der Waals surface area contributed by atoms with Crippen molar-refractivity contribution >= 4 is 11.6 Å². The van der Waals surface area contributed by atoms with Crippen LogP contribution in [0.3, 0.4) is 0 Å². The SMILES string of the molecule is Cc1nn(C)c(C)c1C1CC(C(=O)Nc2ccc(OCCN3CCOCC3)cc2)NN1. The summed E-state index contributed by atoms with van der Waals surface area (Å²) in [4.78, 5) is 15.1. The first kappa shape index (κ1) is 21.8. The van der Waals surface area contributed by atoms with Crippen molar-refractivity contribution in [1.82, 2.24) is 25.5 Å². The number of ether oxygens (including phenoxy) is 2. The number of nitrogens with zero attached hydrogens (tertiary/aromatic N) is 3. The van der Waals surface area contributed by atoms with Crippen LogP contribution < -0.4 is 20.9 Å². The monoisotopic (exact) mass is 428 g/mol. The minimum Gasteiger partial charge on any atom is -0.492 e. The molecule has 2 aliphatic heterocycles. The largest absolute Gasteiger partial charge is 0.492 e. The normalized spacial score (nSPS) is 21.9. The molecule has 168 valence electrons. The molecule has 2 saturated heterocycles. The highest BCUT2D eigenvalue weighted by molar-refractivity contribution is 5.95. The van der Waals surface area contributed by atoms with E-state index >= 15 is 0 Å². The number of amides is 1. The minimum absolute atomic E-state index is 0.0600. The Morgan fingerprint density at radius 2 is 1.97 bits per heavy atom. The second-order valence-corrected chi connectivity index (χ2v) is 8.15. The van der Waals surface area contributed by atoms with Crippen molar-refractivity contribution in [2.45, 2.75) is 32.4 Å². The number of hydrogen-bond donors (Lipinski definition) is 3. The van der Waals surface area contributed by atoms with Gasteiger partial charge < -0.3 is 14.8 Å². The lowest BCUT2D eigenvalue weighted by molar-refractivity contribution is -0.117. The zero-order chi connectivity index (χ0) is 21.8. The highest BCUT2D eigenvalue weighted by Crippen LogP contribution is 2.28. The minimum atomic E-state index is -0.312. The summed E-state index contributed by atoms with van der Waals surface area (Å²) < 4.78 is 13.1. The molecule has 0 saturated carbocycles. The second kappa shape index (κ2) is 9.78. The maximum Gasteiger partial charge on any atom is 0.242 e. The summed E-state index contributed by atoms with van der Waals surface area (Å²) in [5.41, 5.74) is 10.4. The number of carbonyl (C=O) groups is 1. The number of morpholine rings is 1. The number of nitrogens with one attached hydrogen (secondary N) is 3. The molecule has 3 N–H and O–H groups in total. The Morgan fingerprint density at radius 3 is 2.65 bits per heavy atom. The number of hydrazine groups is 1. The van der Waals surface area contributed by atoms with E-state index < -0.39 is 0 Å². The summed E-state index contributed by atoms with van der Waals surface area (Å²) in [5.74, 6) is 0.740. The molecule has 2 atom stereocenters. The predicted molar refractivity (Wildman–Crippen MR) is 118 cm³/mol. The van der Waals surface area contributed by atoms with Crippen molar-refractivity contribution in [2.75, 3.05) is 44.8 Å². The van der Waals surface area contributed by atoms with Crippen LogP contribution in [0, 0.1) is 13.8 Å². The Kier molecular flexibility index (Phi) is 6.86. The van der Waals surface area contributed by atoms with E-state index in [2.05, 4.69) is 33.1 Å². The van der Waals surface area contributed by atoms with Crippen molar-refractivity contribution in [3.05, 3.63) is 41.2 Å². The Balaban J connectivity index is 1.25. The first-order valence-electron chi connectivity index (χ1n) is 10.9. The van der Waals surface area contributed by atoms with Crippen molar-refractivity contribution in [2.24, 2.45) is 7.05 Å². The van der Waals surface area contributed by atoms with Gasteiger partial charge in [0.1, 0.15) is 18.4 Å². The lowest BCUT2D eigenvalue weighted by Gasteiger charge is -2.26. The predicted octanol–water partition coefficient (Wildman–Crippen LogP) is 1.29. The van der Waals surface area contributed by atoms with Crippen LogP contribution in [0.25, 0.3) is 0 Å². The zero-order valence-corrected chi connectivity index (χ0v) is 18.5. The van der Waals surface area contributed by atoms with Gasteiger partial charge in [0.05, 0.1) is 24.9 Å². The third-order valence-electron chi connectivity index (χ3n) is 6.03. The van der Waals surface area contributed by atoms with E-state index in [4.69, 9.17) is 9.47 Å². The highest BCUT2D eigenvalue weighted by Gasteiger charge is 2.33. The molecule has 3 heterocycles. The molecule has 4 rings (SSSR count). The average molecular weight is 429 g/mol. The van der Waals surface area contributed by atoms with Crippen LogP contribution >= 0.6 is 0 Å². The molecular formula is C22H32N6O3. The lowest BCUT2D eigenvalue weighted by atomic mass is 10.00. The summed E-state index contributed by atoms with van der Waals surface area (Å²) >= 11 is 0. The molecule has 0 radical (unpaired) electrons. The Morgan fingerprint density at radius 1 is 1.23 bits per heavy atom.